The minimum absolute atomic E-state index is 0.117. The number of carbonyl (C=O) groups excluding carboxylic acids is 1. The molecular formula is C10H16N2O3. The summed E-state index contributed by atoms with van der Waals surface area (Å²) < 4.78 is 11.8. The van der Waals surface area contributed by atoms with Gasteiger partial charge in [-0.05, 0) is 20.8 Å². The predicted molar refractivity (Wildman–Crippen MR) is 54.5 cm³/mol. The minimum atomic E-state index is -0.482. The zero-order valence-corrected chi connectivity index (χ0v) is 9.48. The van der Waals surface area contributed by atoms with Gasteiger partial charge in [-0.25, -0.2) is 4.79 Å². The van der Waals surface area contributed by atoms with Crippen LogP contribution in [0.2, 0.25) is 0 Å². The van der Waals surface area contributed by atoms with Crippen molar-refractivity contribution in [3.63, 3.8) is 0 Å². The van der Waals surface area contributed by atoms with Crippen LogP contribution in [0.1, 0.15) is 20.8 Å². The largest absolute Gasteiger partial charge is 0.465 e. The molecule has 0 amide bonds. The molecule has 0 aromatic carbocycles. The van der Waals surface area contributed by atoms with Gasteiger partial charge in [0.2, 0.25) is 5.88 Å². The lowest BCUT2D eigenvalue weighted by Gasteiger charge is -2.19. The van der Waals surface area contributed by atoms with Gasteiger partial charge in [0, 0.05) is 19.3 Å². The summed E-state index contributed by atoms with van der Waals surface area (Å²) in [6.07, 6.45) is 1.74. The number of hydrogen-bond donors (Lipinski definition) is 0. The summed E-state index contributed by atoms with van der Waals surface area (Å²) in [4.78, 5) is 11.3. The number of nitrogens with zero attached hydrogens (tertiary/aromatic N) is 2. The maximum Gasteiger partial charge on any atom is 0.344 e. The number of esters is 1. The van der Waals surface area contributed by atoms with Crippen LogP contribution >= 0.6 is 0 Å². The molecule has 0 bridgehead atoms. The molecule has 5 nitrogen and oxygen atoms in total. The van der Waals surface area contributed by atoms with Crippen molar-refractivity contribution in [3.05, 3.63) is 12.3 Å². The van der Waals surface area contributed by atoms with Crippen molar-refractivity contribution in [2.24, 2.45) is 7.05 Å². The summed E-state index contributed by atoms with van der Waals surface area (Å²) in [5.74, 6) is 0.0245. The highest BCUT2D eigenvalue weighted by Crippen LogP contribution is 2.08. The van der Waals surface area contributed by atoms with E-state index in [9.17, 15) is 4.79 Å². The number of aromatic nitrogens is 2. The summed E-state index contributed by atoms with van der Waals surface area (Å²) in [5.41, 5.74) is -0.482. The van der Waals surface area contributed by atoms with Crippen LogP contribution in [0.5, 0.6) is 5.88 Å². The monoisotopic (exact) mass is 212 g/mol. The molecule has 0 radical (unpaired) electrons. The standard InChI is InChI=1S/C10H16N2O3/c1-10(2,3)15-9(13)7-14-8-5-6-12(4)11-8/h5-6H,7H2,1-4H3. The fraction of sp³-hybridized carbons (Fsp3) is 0.600. The van der Waals surface area contributed by atoms with Crippen LogP contribution in [-0.2, 0) is 16.6 Å². The molecule has 5 heteroatoms. The number of ether oxygens (including phenoxy) is 2. The topological polar surface area (TPSA) is 53.4 Å². The van der Waals surface area contributed by atoms with Gasteiger partial charge in [0.05, 0.1) is 0 Å². The fourth-order valence-corrected chi connectivity index (χ4v) is 0.975. The van der Waals surface area contributed by atoms with Crippen LogP contribution in [0, 0.1) is 0 Å². The van der Waals surface area contributed by atoms with Crippen LogP contribution in [0.3, 0.4) is 0 Å². The Hall–Kier alpha value is -1.52. The van der Waals surface area contributed by atoms with E-state index in [4.69, 9.17) is 9.47 Å². The maximum absolute atomic E-state index is 11.3. The third-order valence-electron chi connectivity index (χ3n) is 1.45. The predicted octanol–water partition coefficient (Wildman–Crippen LogP) is 1.14. The van der Waals surface area contributed by atoms with E-state index in [1.807, 2.05) is 20.8 Å². The molecular weight excluding hydrogens is 196 g/mol. The highest BCUT2D eigenvalue weighted by Gasteiger charge is 2.16. The number of carbonyl (C=O) groups is 1. The molecule has 84 valence electrons. The summed E-state index contributed by atoms with van der Waals surface area (Å²) in [5, 5.41) is 3.97. The van der Waals surface area contributed by atoms with E-state index in [1.165, 1.54) is 0 Å². The van der Waals surface area contributed by atoms with E-state index in [-0.39, 0.29) is 6.61 Å². The summed E-state index contributed by atoms with van der Waals surface area (Å²) in [6.45, 7) is 5.32. The molecule has 15 heavy (non-hydrogen) atoms. The lowest BCUT2D eigenvalue weighted by molar-refractivity contribution is -0.157. The van der Waals surface area contributed by atoms with Gasteiger partial charge < -0.3 is 9.47 Å². The molecule has 0 saturated carbocycles. The molecule has 0 unspecified atom stereocenters. The minimum Gasteiger partial charge on any atom is -0.465 e. The van der Waals surface area contributed by atoms with Gasteiger partial charge in [-0.3, -0.25) is 4.68 Å². The second kappa shape index (κ2) is 4.33. The number of aryl methyl sites for hydroxylation is 1. The van der Waals surface area contributed by atoms with Gasteiger partial charge in [-0.2, -0.15) is 0 Å². The lowest BCUT2D eigenvalue weighted by Crippen LogP contribution is -2.27. The Kier molecular flexibility index (Phi) is 3.34. The average Bonchev–Trinajstić information content (AvgIpc) is 2.45. The summed E-state index contributed by atoms with van der Waals surface area (Å²) in [7, 11) is 1.78. The number of rotatable bonds is 3. The van der Waals surface area contributed by atoms with E-state index in [2.05, 4.69) is 5.10 Å². The first-order valence-corrected chi connectivity index (χ1v) is 4.71. The molecule has 0 saturated heterocycles. The van der Waals surface area contributed by atoms with E-state index in [0.29, 0.717) is 5.88 Å². The molecule has 1 heterocycles. The molecule has 0 fully saturated rings. The fourth-order valence-electron chi connectivity index (χ4n) is 0.975. The van der Waals surface area contributed by atoms with Crippen LogP contribution in [0.15, 0.2) is 12.3 Å². The van der Waals surface area contributed by atoms with Gasteiger partial charge in [0.15, 0.2) is 6.61 Å². The van der Waals surface area contributed by atoms with Gasteiger partial charge in [-0.1, -0.05) is 0 Å². The maximum atomic E-state index is 11.3. The average molecular weight is 212 g/mol. The van der Waals surface area contributed by atoms with Gasteiger partial charge in [-0.15, -0.1) is 5.10 Å². The van der Waals surface area contributed by atoms with Crippen molar-refractivity contribution in [1.29, 1.82) is 0 Å². The Morgan fingerprint density at radius 3 is 2.67 bits per heavy atom. The van der Waals surface area contributed by atoms with Crippen molar-refractivity contribution < 1.29 is 14.3 Å². The SMILES string of the molecule is Cn1ccc(OCC(=O)OC(C)(C)C)n1. The zero-order chi connectivity index (χ0) is 11.5. The third-order valence-corrected chi connectivity index (χ3v) is 1.45. The Labute approximate surface area is 89.0 Å². The Balaban J connectivity index is 2.35. The van der Waals surface area contributed by atoms with E-state index < -0.39 is 11.6 Å². The Morgan fingerprint density at radius 2 is 2.20 bits per heavy atom. The van der Waals surface area contributed by atoms with Crippen molar-refractivity contribution >= 4 is 5.97 Å². The molecule has 0 aliphatic heterocycles. The number of hydrogen-bond acceptors (Lipinski definition) is 4. The molecule has 0 aliphatic carbocycles. The van der Waals surface area contributed by atoms with E-state index >= 15 is 0 Å². The van der Waals surface area contributed by atoms with Gasteiger partial charge >= 0.3 is 5.97 Å². The van der Waals surface area contributed by atoms with Gasteiger partial charge in [0.1, 0.15) is 5.60 Å². The second-order valence-electron chi connectivity index (χ2n) is 4.20. The van der Waals surface area contributed by atoms with Crippen LogP contribution in [-0.4, -0.2) is 28.0 Å². The van der Waals surface area contributed by atoms with Gasteiger partial charge in [0.25, 0.3) is 0 Å². The van der Waals surface area contributed by atoms with Crippen LogP contribution < -0.4 is 4.74 Å². The zero-order valence-electron chi connectivity index (χ0n) is 9.48. The molecule has 1 aromatic rings. The first-order valence-electron chi connectivity index (χ1n) is 4.71. The Morgan fingerprint density at radius 1 is 1.53 bits per heavy atom. The van der Waals surface area contributed by atoms with E-state index in [1.54, 1.807) is 24.0 Å². The normalized spacial score (nSPS) is 11.2. The first kappa shape index (κ1) is 11.6. The van der Waals surface area contributed by atoms with Crippen molar-refractivity contribution in [3.8, 4) is 5.88 Å². The Bertz CT molecular complexity index is 339. The van der Waals surface area contributed by atoms with Crippen LogP contribution in [0.25, 0.3) is 0 Å². The first-order chi connectivity index (χ1) is 6.87. The quantitative estimate of drug-likeness (QED) is 0.705. The smallest absolute Gasteiger partial charge is 0.344 e. The summed E-state index contributed by atoms with van der Waals surface area (Å²) >= 11 is 0. The highest BCUT2D eigenvalue weighted by molar-refractivity contribution is 5.71. The second-order valence-corrected chi connectivity index (χ2v) is 4.20. The van der Waals surface area contributed by atoms with Crippen molar-refractivity contribution in [1.82, 2.24) is 9.78 Å². The molecule has 1 aromatic heterocycles. The highest BCUT2D eigenvalue weighted by atomic mass is 16.6. The third kappa shape index (κ3) is 4.49. The van der Waals surface area contributed by atoms with Crippen molar-refractivity contribution in [2.45, 2.75) is 26.4 Å². The summed E-state index contributed by atoms with van der Waals surface area (Å²) in [6, 6.07) is 1.68. The molecule has 0 spiro atoms. The molecule has 0 N–H and O–H groups in total. The molecule has 0 atom stereocenters. The molecule has 1 rings (SSSR count). The molecule has 0 aliphatic rings. The lowest BCUT2D eigenvalue weighted by atomic mass is 10.2. The van der Waals surface area contributed by atoms with E-state index in [0.717, 1.165) is 0 Å². The van der Waals surface area contributed by atoms with Crippen molar-refractivity contribution in [2.75, 3.05) is 6.61 Å². The van der Waals surface area contributed by atoms with Crippen LogP contribution in [0.4, 0.5) is 0 Å².